The van der Waals surface area contributed by atoms with E-state index in [4.69, 9.17) is 5.73 Å². The lowest BCUT2D eigenvalue weighted by Crippen LogP contribution is -2.42. The highest BCUT2D eigenvalue weighted by atomic mass is 16.1. The fraction of sp³-hybridized carbons (Fsp3) is 0.857. The van der Waals surface area contributed by atoms with Crippen molar-refractivity contribution in [1.29, 1.82) is 0 Å². The number of amides is 1. The summed E-state index contributed by atoms with van der Waals surface area (Å²) in [6, 6.07) is 0.0705. The van der Waals surface area contributed by atoms with Crippen LogP contribution in [-0.2, 0) is 4.79 Å². The van der Waals surface area contributed by atoms with Crippen molar-refractivity contribution in [3.63, 3.8) is 0 Å². The van der Waals surface area contributed by atoms with E-state index in [2.05, 4.69) is 10.6 Å². The van der Waals surface area contributed by atoms with Gasteiger partial charge in [-0.15, -0.1) is 0 Å². The van der Waals surface area contributed by atoms with Crippen molar-refractivity contribution in [2.45, 2.75) is 19.9 Å². The van der Waals surface area contributed by atoms with Crippen LogP contribution >= 0.6 is 0 Å². The summed E-state index contributed by atoms with van der Waals surface area (Å²) in [5, 5.41) is 5.66. The Morgan fingerprint density at radius 3 is 2.73 bits per heavy atom. The van der Waals surface area contributed by atoms with Gasteiger partial charge in [0.1, 0.15) is 0 Å². The summed E-state index contributed by atoms with van der Waals surface area (Å²) >= 11 is 0. The van der Waals surface area contributed by atoms with E-state index < -0.39 is 0 Å². The molecule has 1 atom stereocenters. The Balaban J connectivity index is 3.36. The molecular weight excluding hydrogens is 142 g/mol. The first-order chi connectivity index (χ1) is 5.20. The monoisotopic (exact) mass is 159 g/mol. The molecule has 0 saturated heterocycles. The maximum atomic E-state index is 10.9. The number of carbonyl (C=O) groups excluding carboxylic acids is 1. The van der Waals surface area contributed by atoms with E-state index in [0.717, 1.165) is 6.54 Å². The average molecular weight is 159 g/mol. The molecule has 0 bridgehead atoms. The van der Waals surface area contributed by atoms with E-state index >= 15 is 0 Å². The van der Waals surface area contributed by atoms with Gasteiger partial charge in [0.25, 0.3) is 0 Å². The summed E-state index contributed by atoms with van der Waals surface area (Å²) in [7, 11) is 0. The quantitative estimate of drug-likeness (QED) is 0.485. The van der Waals surface area contributed by atoms with E-state index in [-0.39, 0.29) is 11.9 Å². The topological polar surface area (TPSA) is 67.2 Å². The first-order valence-corrected chi connectivity index (χ1v) is 3.90. The van der Waals surface area contributed by atoms with Crippen LogP contribution in [0.15, 0.2) is 0 Å². The van der Waals surface area contributed by atoms with Gasteiger partial charge in [0.05, 0.1) is 6.54 Å². The lowest BCUT2D eigenvalue weighted by molar-refractivity contribution is -0.120. The van der Waals surface area contributed by atoms with Gasteiger partial charge in [0.15, 0.2) is 0 Å². The summed E-state index contributed by atoms with van der Waals surface area (Å²) in [4.78, 5) is 10.9. The zero-order valence-corrected chi connectivity index (χ0v) is 7.18. The molecule has 0 aliphatic rings. The Bertz CT molecular complexity index is 116. The van der Waals surface area contributed by atoms with Gasteiger partial charge in [-0.1, -0.05) is 6.92 Å². The maximum Gasteiger partial charge on any atom is 0.234 e. The standard InChI is InChI=1S/C7H17N3O/c1-3-9-5-7(11)10-6(2)4-8/h6,9H,3-5,8H2,1-2H3,(H,10,11). The van der Waals surface area contributed by atoms with E-state index in [1.807, 2.05) is 13.8 Å². The minimum Gasteiger partial charge on any atom is -0.351 e. The molecule has 0 aliphatic carbocycles. The molecular formula is C7H17N3O. The van der Waals surface area contributed by atoms with Crippen LogP contribution in [0.25, 0.3) is 0 Å². The predicted octanol–water partition coefficient (Wildman–Crippen LogP) is -0.941. The number of carbonyl (C=O) groups is 1. The normalized spacial score (nSPS) is 12.6. The van der Waals surface area contributed by atoms with Gasteiger partial charge in [-0.2, -0.15) is 0 Å². The SMILES string of the molecule is CCNCC(=O)NC(C)CN. The van der Waals surface area contributed by atoms with Crippen molar-refractivity contribution in [2.75, 3.05) is 19.6 Å². The van der Waals surface area contributed by atoms with Gasteiger partial charge in [-0.05, 0) is 13.5 Å². The Hall–Kier alpha value is -0.610. The number of nitrogens with one attached hydrogen (secondary N) is 2. The van der Waals surface area contributed by atoms with E-state index in [1.165, 1.54) is 0 Å². The van der Waals surface area contributed by atoms with Gasteiger partial charge in [0, 0.05) is 12.6 Å². The number of hydrogen-bond acceptors (Lipinski definition) is 3. The van der Waals surface area contributed by atoms with Crippen molar-refractivity contribution < 1.29 is 4.79 Å². The van der Waals surface area contributed by atoms with Crippen LogP contribution in [0.5, 0.6) is 0 Å². The molecule has 0 heterocycles. The molecule has 0 radical (unpaired) electrons. The van der Waals surface area contributed by atoms with Crippen molar-refractivity contribution in [3.8, 4) is 0 Å². The average Bonchev–Trinajstić information content (AvgIpc) is 2.00. The number of rotatable bonds is 5. The Labute approximate surface area is 67.5 Å². The number of nitrogens with two attached hydrogens (primary N) is 1. The third-order valence-corrected chi connectivity index (χ3v) is 1.30. The van der Waals surface area contributed by atoms with Crippen LogP contribution in [0.1, 0.15) is 13.8 Å². The predicted molar refractivity (Wildman–Crippen MR) is 45.2 cm³/mol. The largest absolute Gasteiger partial charge is 0.351 e. The molecule has 4 heteroatoms. The summed E-state index contributed by atoms with van der Waals surface area (Å²) in [6.07, 6.45) is 0. The molecule has 4 nitrogen and oxygen atoms in total. The summed E-state index contributed by atoms with van der Waals surface area (Å²) in [6.45, 7) is 5.51. The van der Waals surface area contributed by atoms with Crippen molar-refractivity contribution in [2.24, 2.45) is 5.73 Å². The fourth-order valence-corrected chi connectivity index (χ4v) is 0.623. The minimum absolute atomic E-state index is 0.00444. The van der Waals surface area contributed by atoms with E-state index in [1.54, 1.807) is 0 Å². The van der Waals surface area contributed by atoms with Crippen molar-refractivity contribution in [3.05, 3.63) is 0 Å². The summed E-state index contributed by atoms with van der Waals surface area (Å²) in [5.74, 6) is 0.00444. The molecule has 0 aliphatic heterocycles. The van der Waals surface area contributed by atoms with Crippen LogP contribution in [0.3, 0.4) is 0 Å². The highest BCUT2D eigenvalue weighted by Crippen LogP contribution is 1.74. The molecule has 1 amide bonds. The van der Waals surface area contributed by atoms with Crippen molar-refractivity contribution >= 4 is 5.91 Å². The van der Waals surface area contributed by atoms with Crippen LogP contribution < -0.4 is 16.4 Å². The van der Waals surface area contributed by atoms with Crippen LogP contribution in [-0.4, -0.2) is 31.6 Å². The van der Waals surface area contributed by atoms with Gasteiger partial charge < -0.3 is 16.4 Å². The molecule has 4 N–H and O–H groups in total. The lowest BCUT2D eigenvalue weighted by Gasteiger charge is -2.10. The molecule has 0 rings (SSSR count). The molecule has 66 valence electrons. The molecule has 0 fully saturated rings. The first-order valence-electron chi connectivity index (χ1n) is 3.90. The molecule has 0 aromatic heterocycles. The van der Waals surface area contributed by atoms with Gasteiger partial charge in [-0.25, -0.2) is 0 Å². The van der Waals surface area contributed by atoms with Gasteiger partial charge in [0.2, 0.25) is 5.91 Å². The van der Waals surface area contributed by atoms with Crippen LogP contribution in [0.2, 0.25) is 0 Å². The minimum atomic E-state index is 0.00444. The molecule has 0 spiro atoms. The fourth-order valence-electron chi connectivity index (χ4n) is 0.623. The second-order valence-corrected chi connectivity index (χ2v) is 2.48. The third kappa shape index (κ3) is 5.82. The smallest absolute Gasteiger partial charge is 0.234 e. The summed E-state index contributed by atoms with van der Waals surface area (Å²) in [5.41, 5.74) is 5.31. The Kier molecular flexibility index (Phi) is 5.78. The molecule has 1 unspecified atom stereocenters. The Morgan fingerprint density at radius 2 is 2.27 bits per heavy atom. The highest BCUT2D eigenvalue weighted by molar-refractivity contribution is 5.78. The second kappa shape index (κ2) is 6.12. The highest BCUT2D eigenvalue weighted by Gasteiger charge is 2.02. The first kappa shape index (κ1) is 10.4. The molecule has 0 aromatic rings. The van der Waals surface area contributed by atoms with Crippen LogP contribution in [0, 0.1) is 0 Å². The van der Waals surface area contributed by atoms with Gasteiger partial charge in [-0.3, -0.25) is 4.79 Å². The number of likely N-dealkylation sites (N-methyl/N-ethyl adjacent to an activating group) is 1. The molecule has 0 saturated carbocycles. The zero-order valence-electron chi connectivity index (χ0n) is 7.18. The van der Waals surface area contributed by atoms with Crippen molar-refractivity contribution in [1.82, 2.24) is 10.6 Å². The van der Waals surface area contributed by atoms with Crippen LogP contribution in [0.4, 0.5) is 0 Å². The summed E-state index contributed by atoms with van der Waals surface area (Å²) < 4.78 is 0. The van der Waals surface area contributed by atoms with Gasteiger partial charge >= 0.3 is 0 Å². The third-order valence-electron chi connectivity index (χ3n) is 1.30. The Morgan fingerprint density at radius 1 is 1.64 bits per heavy atom. The molecule has 0 aromatic carbocycles. The molecule has 11 heavy (non-hydrogen) atoms. The van der Waals surface area contributed by atoms with E-state index in [0.29, 0.717) is 13.1 Å². The lowest BCUT2D eigenvalue weighted by atomic mass is 10.3. The maximum absolute atomic E-state index is 10.9. The number of hydrogen-bond donors (Lipinski definition) is 3. The zero-order chi connectivity index (χ0) is 8.69. The van der Waals surface area contributed by atoms with E-state index in [9.17, 15) is 4.79 Å². The second-order valence-electron chi connectivity index (χ2n) is 2.48.